The van der Waals surface area contributed by atoms with E-state index in [0.29, 0.717) is 6.42 Å². The summed E-state index contributed by atoms with van der Waals surface area (Å²) >= 11 is 0. The average Bonchev–Trinajstić information content (AvgIpc) is 2.07. The molecule has 0 aromatic heterocycles. The molecule has 0 heterocycles. The van der Waals surface area contributed by atoms with Gasteiger partial charge in [0.25, 0.3) is 0 Å². The van der Waals surface area contributed by atoms with Crippen LogP contribution in [0.25, 0.3) is 0 Å². The summed E-state index contributed by atoms with van der Waals surface area (Å²) in [6.07, 6.45) is 0.716. The zero-order valence-corrected chi connectivity index (χ0v) is 8.62. The monoisotopic (exact) mass is 181 g/mol. The highest BCUT2D eigenvalue weighted by atomic mass is 16.3. The van der Waals surface area contributed by atoms with E-state index in [-0.39, 0.29) is 0 Å². The lowest BCUT2D eigenvalue weighted by Crippen LogP contribution is -2.21. The van der Waals surface area contributed by atoms with Crippen molar-refractivity contribution in [1.82, 2.24) is 0 Å². The molecule has 0 atom stereocenters. The van der Waals surface area contributed by atoms with E-state index < -0.39 is 5.60 Å². The largest absolute Gasteiger partial charge is 0.390 e. The van der Waals surface area contributed by atoms with Crippen LogP contribution in [-0.4, -0.2) is 17.8 Å². The summed E-state index contributed by atoms with van der Waals surface area (Å²) in [5, 5.41) is 9.47. The smallest absolute Gasteiger partial charge is 0.0631 e. The Morgan fingerprint density at radius 2 is 1.62 bits per heavy atom. The van der Waals surface area contributed by atoms with Crippen molar-refractivity contribution in [2.24, 2.45) is 5.73 Å². The van der Waals surface area contributed by atoms with Crippen LogP contribution in [0.5, 0.6) is 0 Å². The van der Waals surface area contributed by atoms with Crippen molar-refractivity contribution in [1.29, 1.82) is 0 Å². The SMILES string of the molecule is CC(C)(O)Cc1ccccc1.CN. The molecule has 0 amide bonds. The van der Waals surface area contributed by atoms with Gasteiger partial charge >= 0.3 is 0 Å². The summed E-state index contributed by atoms with van der Waals surface area (Å²) in [7, 11) is 1.50. The molecule has 3 N–H and O–H groups in total. The lowest BCUT2D eigenvalue weighted by atomic mass is 9.99. The van der Waals surface area contributed by atoms with Gasteiger partial charge in [0.2, 0.25) is 0 Å². The van der Waals surface area contributed by atoms with E-state index in [1.807, 2.05) is 44.2 Å². The van der Waals surface area contributed by atoms with Crippen LogP contribution < -0.4 is 5.73 Å². The Bertz CT molecular complexity index is 213. The van der Waals surface area contributed by atoms with E-state index in [2.05, 4.69) is 5.73 Å². The molecule has 0 fully saturated rings. The van der Waals surface area contributed by atoms with Crippen LogP contribution in [0.1, 0.15) is 19.4 Å². The van der Waals surface area contributed by atoms with Gasteiger partial charge in [-0.25, -0.2) is 0 Å². The Labute approximate surface area is 80.4 Å². The third-order valence-electron chi connectivity index (χ3n) is 1.48. The Hall–Kier alpha value is -0.860. The number of aliphatic hydroxyl groups is 1. The first-order valence-corrected chi connectivity index (χ1v) is 4.42. The minimum Gasteiger partial charge on any atom is -0.390 e. The summed E-state index contributed by atoms with van der Waals surface area (Å²) in [6.45, 7) is 3.64. The van der Waals surface area contributed by atoms with Gasteiger partial charge in [-0.15, -0.1) is 0 Å². The fraction of sp³-hybridized carbons (Fsp3) is 0.455. The Balaban J connectivity index is 0.000000671. The zero-order valence-electron chi connectivity index (χ0n) is 8.62. The highest BCUT2D eigenvalue weighted by Crippen LogP contribution is 2.10. The van der Waals surface area contributed by atoms with Gasteiger partial charge in [0.1, 0.15) is 0 Å². The van der Waals surface area contributed by atoms with Crippen LogP contribution >= 0.6 is 0 Å². The number of rotatable bonds is 2. The number of nitrogens with two attached hydrogens (primary N) is 1. The number of hydrogen-bond acceptors (Lipinski definition) is 2. The second kappa shape index (κ2) is 5.73. The van der Waals surface area contributed by atoms with Crippen molar-refractivity contribution >= 4 is 0 Å². The second-order valence-electron chi connectivity index (χ2n) is 3.47. The second-order valence-corrected chi connectivity index (χ2v) is 3.47. The van der Waals surface area contributed by atoms with Gasteiger partial charge < -0.3 is 10.8 Å². The van der Waals surface area contributed by atoms with Gasteiger partial charge in [-0.1, -0.05) is 30.3 Å². The topological polar surface area (TPSA) is 46.2 Å². The Morgan fingerprint density at radius 3 is 2.00 bits per heavy atom. The van der Waals surface area contributed by atoms with Crippen molar-refractivity contribution in [3.05, 3.63) is 35.9 Å². The fourth-order valence-electron chi connectivity index (χ4n) is 1.10. The summed E-state index contributed by atoms with van der Waals surface area (Å²) in [5.41, 5.74) is 5.08. The minimum absolute atomic E-state index is 0.596. The van der Waals surface area contributed by atoms with Gasteiger partial charge in [0, 0.05) is 6.42 Å². The summed E-state index contributed by atoms with van der Waals surface area (Å²) in [5.74, 6) is 0. The van der Waals surface area contributed by atoms with Gasteiger partial charge in [0.05, 0.1) is 5.60 Å². The summed E-state index contributed by atoms with van der Waals surface area (Å²) in [4.78, 5) is 0. The maximum atomic E-state index is 9.47. The van der Waals surface area contributed by atoms with E-state index in [4.69, 9.17) is 0 Å². The lowest BCUT2D eigenvalue weighted by molar-refractivity contribution is 0.0810. The highest BCUT2D eigenvalue weighted by molar-refractivity contribution is 5.16. The molecule has 74 valence electrons. The van der Waals surface area contributed by atoms with Crippen molar-refractivity contribution in [2.75, 3.05) is 7.05 Å². The molecule has 0 aliphatic carbocycles. The molecule has 1 rings (SSSR count). The van der Waals surface area contributed by atoms with E-state index in [1.165, 1.54) is 12.6 Å². The number of benzene rings is 1. The van der Waals surface area contributed by atoms with Crippen LogP contribution in [0, 0.1) is 0 Å². The molecule has 13 heavy (non-hydrogen) atoms. The molecule has 0 saturated carbocycles. The van der Waals surface area contributed by atoms with Crippen molar-refractivity contribution in [3.8, 4) is 0 Å². The molecule has 0 radical (unpaired) electrons. The van der Waals surface area contributed by atoms with E-state index in [0.717, 1.165) is 0 Å². The van der Waals surface area contributed by atoms with Gasteiger partial charge in [-0.3, -0.25) is 0 Å². The molecule has 0 bridgehead atoms. The first-order valence-electron chi connectivity index (χ1n) is 4.42. The van der Waals surface area contributed by atoms with Gasteiger partial charge in [0.15, 0.2) is 0 Å². The molecule has 2 nitrogen and oxygen atoms in total. The van der Waals surface area contributed by atoms with E-state index in [9.17, 15) is 5.11 Å². The first kappa shape index (κ1) is 12.1. The van der Waals surface area contributed by atoms with Crippen LogP contribution in [0.3, 0.4) is 0 Å². The van der Waals surface area contributed by atoms with Crippen molar-refractivity contribution in [2.45, 2.75) is 25.9 Å². The summed E-state index contributed by atoms with van der Waals surface area (Å²) < 4.78 is 0. The zero-order chi connectivity index (χ0) is 10.3. The maximum Gasteiger partial charge on any atom is 0.0631 e. The van der Waals surface area contributed by atoms with Crippen LogP contribution in [-0.2, 0) is 6.42 Å². The molecule has 0 spiro atoms. The van der Waals surface area contributed by atoms with Gasteiger partial charge in [-0.05, 0) is 26.5 Å². The minimum atomic E-state index is -0.596. The van der Waals surface area contributed by atoms with Crippen molar-refractivity contribution < 1.29 is 5.11 Å². The molecule has 0 unspecified atom stereocenters. The Morgan fingerprint density at radius 1 is 1.15 bits per heavy atom. The molecule has 0 saturated heterocycles. The van der Waals surface area contributed by atoms with Crippen molar-refractivity contribution in [3.63, 3.8) is 0 Å². The van der Waals surface area contributed by atoms with Gasteiger partial charge in [-0.2, -0.15) is 0 Å². The molecule has 1 aromatic carbocycles. The van der Waals surface area contributed by atoms with Crippen LogP contribution in [0.2, 0.25) is 0 Å². The predicted octanol–water partition coefficient (Wildman–Crippen LogP) is 1.57. The van der Waals surface area contributed by atoms with E-state index in [1.54, 1.807) is 0 Å². The molecular weight excluding hydrogens is 162 g/mol. The first-order chi connectivity index (χ1) is 6.08. The summed E-state index contributed by atoms with van der Waals surface area (Å²) in [6, 6.07) is 10.0. The third kappa shape index (κ3) is 6.31. The predicted molar refractivity (Wildman–Crippen MR) is 56.6 cm³/mol. The van der Waals surface area contributed by atoms with Crippen LogP contribution in [0.15, 0.2) is 30.3 Å². The Kier molecular flexibility index (Phi) is 5.35. The fourth-order valence-corrected chi connectivity index (χ4v) is 1.10. The highest BCUT2D eigenvalue weighted by Gasteiger charge is 2.12. The molecule has 2 heteroatoms. The number of hydrogen-bond donors (Lipinski definition) is 2. The third-order valence-corrected chi connectivity index (χ3v) is 1.48. The average molecular weight is 181 g/mol. The quantitative estimate of drug-likeness (QED) is 0.727. The normalized spacial score (nSPS) is 10.2. The standard InChI is InChI=1S/C10H14O.CH5N/c1-10(2,11)8-9-6-4-3-5-7-9;1-2/h3-7,11H,8H2,1-2H3;2H2,1H3. The van der Waals surface area contributed by atoms with E-state index >= 15 is 0 Å². The molecular formula is C11H19NO. The molecule has 0 aliphatic heterocycles. The molecule has 0 aliphatic rings. The lowest BCUT2D eigenvalue weighted by Gasteiger charge is -2.16. The molecule has 1 aromatic rings. The maximum absolute atomic E-state index is 9.47. The van der Waals surface area contributed by atoms with Crippen LogP contribution in [0.4, 0.5) is 0 Å².